The number of carboxylic acids is 1. The zero-order chi connectivity index (χ0) is 26.3. The number of aliphatic carboxylic acids is 1. The van der Waals surface area contributed by atoms with Crippen molar-refractivity contribution < 1.29 is 32.7 Å². The standard InChI is InChI=1S/C25H24F3N3O4S/c1-36-12-10-21(24(34)35)31-22(32)17-8-7-16(13-18(17)15-5-3-2-4-6-15)30-23(33)19-14-29-11-9-20(19)25(26,27)28/h2-9,11,13,21,29H,10,12,14H2,1H3,(H,30,33)(H,31,32)(H,34,35)/t21-/m0/s1. The number of alkyl halides is 3. The molecule has 0 saturated heterocycles. The van der Waals surface area contributed by atoms with Crippen molar-refractivity contribution in [2.24, 2.45) is 0 Å². The van der Waals surface area contributed by atoms with Crippen LogP contribution in [-0.4, -0.2) is 53.7 Å². The van der Waals surface area contributed by atoms with E-state index in [1.807, 2.05) is 6.26 Å². The predicted octanol–water partition coefficient (Wildman–Crippen LogP) is 4.20. The number of nitrogens with one attached hydrogen (secondary N) is 3. The van der Waals surface area contributed by atoms with Crippen molar-refractivity contribution in [2.75, 3.05) is 23.9 Å². The summed E-state index contributed by atoms with van der Waals surface area (Å²) in [5, 5.41) is 17.1. The number of benzene rings is 2. The van der Waals surface area contributed by atoms with Crippen molar-refractivity contribution in [1.82, 2.24) is 10.6 Å². The van der Waals surface area contributed by atoms with Gasteiger partial charge < -0.3 is 21.1 Å². The molecule has 7 nitrogen and oxygen atoms in total. The average Bonchev–Trinajstić information content (AvgIpc) is 2.86. The van der Waals surface area contributed by atoms with Crippen molar-refractivity contribution in [1.29, 1.82) is 0 Å². The van der Waals surface area contributed by atoms with Crippen LogP contribution >= 0.6 is 11.8 Å². The van der Waals surface area contributed by atoms with Crippen LogP contribution in [0.3, 0.4) is 0 Å². The average molecular weight is 520 g/mol. The van der Waals surface area contributed by atoms with Crippen molar-refractivity contribution in [3.63, 3.8) is 0 Å². The highest BCUT2D eigenvalue weighted by molar-refractivity contribution is 7.98. The molecule has 0 aliphatic carbocycles. The molecule has 1 atom stereocenters. The van der Waals surface area contributed by atoms with Crippen LogP contribution in [0.5, 0.6) is 0 Å². The van der Waals surface area contributed by atoms with Crippen LogP contribution in [0.15, 0.2) is 72.0 Å². The third-order valence-corrected chi connectivity index (χ3v) is 6.02. The molecule has 36 heavy (non-hydrogen) atoms. The highest BCUT2D eigenvalue weighted by atomic mass is 32.2. The fourth-order valence-electron chi connectivity index (χ4n) is 3.58. The van der Waals surface area contributed by atoms with Gasteiger partial charge in [-0.3, -0.25) is 9.59 Å². The van der Waals surface area contributed by atoms with Crippen molar-refractivity contribution in [3.8, 4) is 11.1 Å². The lowest BCUT2D eigenvalue weighted by Crippen LogP contribution is -2.41. The second kappa shape index (κ2) is 11.8. The number of carbonyl (C=O) groups excluding carboxylic acids is 2. The number of amides is 2. The van der Waals surface area contributed by atoms with Crippen molar-refractivity contribution in [3.05, 3.63) is 77.5 Å². The Bertz CT molecular complexity index is 1200. The normalized spacial score (nSPS) is 14.1. The van der Waals surface area contributed by atoms with Gasteiger partial charge in [0.05, 0.1) is 5.57 Å². The van der Waals surface area contributed by atoms with Gasteiger partial charge in [0.2, 0.25) is 0 Å². The number of rotatable bonds is 9. The molecule has 0 unspecified atom stereocenters. The number of dihydropyridines is 1. The zero-order valence-electron chi connectivity index (χ0n) is 19.2. The number of allylic oxidation sites excluding steroid dienone is 2. The Kier molecular flexibility index (Phi) is 8.81. The van der Waals surface area contributed by atoms with E-state index in [0.29, 0.717) is 16.9 Å². The third kappa shape index (κ3) is 6.69. The summed E-state index contributed by atoms with van der Waals surface area (Å²) in [6.07, 6.45) is -0.703. The summed E-state index contributed by atoms with van der Waals surface area (Å²) in [6.45, 7) is -0.296. The van der Waals surface area contributed by atoms with Gasteiger partial charge in [0.15, 0.2) is 0 Å². The fourth-order valence-corrected chi connectivity index (χ4v) is 4.05. The maximum atomic E-state index is 13.4. The first kappa shape index (κ1) is 26.9. The Morgan fingerprint density at radius 2 is 1.83 bits per heavy atom. The lowest BCUT2D eigenvalue weighted by Gasteiger charge is -2.20. The molecule has 2 aromatic carbocycles. The first-order chi connectivity index (χ1) is 17.1. The van der Waals surface area contributed by atoms with E-state index in [0.717, 1.165) is 12.3 Å². The van der Waals surface area contributed by atoms with Gasteiger partial charge in [-0.15, -0.1) is 0 Å². The molecule has 1 heterocycles. The highest BCUT2D eigenvalue weighted by Gasteiger charge is 2.37. The molecule has 0 fully saturated rings. The van der Waals surface area contributed by atoms with E-state index >= 15 is 0 Å². The molecule has 11 heteroatoms. The predicted molar refractivity (Wildman–Crippen MR) is 133 cm³/mol. The van der Waals surface area contributed by atoms with E-state index in [-0.39, 0.29) is 24.2 Å². The number of carboxylic acid groups (broad SMARTS) is 1. The summed E-state index contributed by atoms with van der Waals surface area (Å²) >= 11 is 1.45. The molecule has 0 bridgehead atoms. The molecule has 0 spiro atoms. The highest BCUT2D eigenvalue weighted by Crippen LogP contribution is 2.32. The Balaban J connectivity index is 1.94. The minimum atomic E-state index is -4.70. The fraction of sp³-hybridized carbons (Fsp3) is 0.240. The minimum Gasteiger partial charge on any atom is -0.480 e. The van der Waals surface area contributed by atoms with Crippen LogP contribution in [0, 0.1) is 0 Å². The second-order valence-corrected chi connectivity index (χ2v) is 8.82. The first-order valence-electron chi connectivity index (χ1n) is 10.9. The summed E-state index contributed by atoms with van der Waals surface area (Å²) in [5.74, 6) is -2.18. The van der Waals surface area contributed by atoms with E-state index in [1.54, 1.807) is 30.3 Å². The Morgan fingerprint density at radius 3 is 2.47 bits per heavy atom. The van der Waals surface area contributed by atoms with Crippen LogP contribution in [-0.2, 0) is 9.59 Å². The van der Waals surface area contributed by atoms with E-state index in [4.69, 9.17) is 0 Å². The monoisotopic (exact) mass is 519 g/mol. The number of thioether (sulfide) groups is 1. The van der Waals surface area contributed by atoms with Crippen LogP contribution in [0.1, 0.15) is 16.8 Å². The Labute approximate surface area is 209 Å². The van der Waals surface area contributed by atoms with Gasteiger partial charge in [-0.2, -0.15) is 24.9 Å². The topological polar surface area (TPSA) is 108 Å². The van der Waals surface area contributed by atoms with Crippen LogP contribution in [0.2, 0.25) is 0 Å². The number of anilines is 1. The Hall–Kier alpha value is -3.73. The van der Waals surface area contributed by atoms with E-state index < -0.39 is 41.1 Å². The maximum Gasteiger partial charge on any atom is 0.416 e. The van der Waals surface area contributed by atoms with Gasteiger partial charge in [-0.1, -0.05) is 30.3 Å². The molecular formula is C25H24F3N3O4S. The van der Waals surface area contributed by atoms with Gasteiger partial charge in [-0.05, 0) is 60.0 Å². The van der Waals surface area contributed by atoms with Crippen LogP contribution in [0.25, 0.3) is 11.1 Å². The molecule has 1 aliphatic rings. The molecular weight excluding hydrogens is 495 g/mol. The molecule has 0 radical (unpaired) electrons. The van der Waals surface area contributed by atoms with Crippen LogP contribution in [0.4, 0.5) is 18.9 Å². The van der Waals surface area contributed by atoms with Gasteiger partial charge in [0, 0.05) is 23.4 Å². The van der Waals surface area contributed by atoms with Gasteiger partial charge in [0.25, 0.3) is 11.8 Å². The lowest BCUT2D eigenvalue weighted by atomic mass is 9.97. The molecule has 2 amide bonds. The van der Waals surface area contributed by atoms with Gasteiger partial charge in [-0.25, -0.2) is 4.79 Å². The molecule has 0 saturated carbocycles. The smallest absolute Gasteiger partial charge is 0.416 e. The number of hydrogen-bond donors (Lipinski definition) is 4. The largest absolute Gasteiger partial charge is 0.480 e. The molecule has 0 aromatic heterocycles. The Morgan fingerprint density at radius 1 is 1.11 bits per heavy atom. The number of carbonyl (C=O) groups is 3. The summed E-state index contributed by atoms with van der Waals surface area (Å²) in [5.41, 5.74) is -0.184. The number of halogens is 3. The molecule has 2 aromatic rings. The summed E-state index contributed by atoms with van der Waals surface area (Å²) in [4.78, 5) is 37.3. The molecule has 4 N–H and O–H groups in total. The van der Waals surface area contributed by atoms with E-state index in [9.17, 15) is 32.7 Å². The SMILES string of the molecule is CSCC[C@H](NC(=O)c1ccc(NC(=O)C2=C(C(F)(F)F)C=CNC2)cc1-c1ccccc1)C(=O)O. The second-order valence-electron chi connectivity index (χ2n) is 7.83. The maximum absolute atomic E-state index is 13.4. The van der Waals surface area contributed by atoms with Gasteiger partial charge >= 0.3 is 12.1 Å². The van der Waals surface area contributed by atoms with Crippen molar-refractivity contribution in [2.45, 2.75) is 18.6 Å². The van der Waals surface area contributed by atoms with Crippen molar-refractivity contribution >= 4 is 35.2 Å². The summed E-state index contributed by atoms with van der Waals surface area (Å²) < 4.78 is 40.1. The first-order valence-corrected chi connectivity index (χ1v) is 12.2. The lowest BCUT2D eigenvalue weighted by molar-refractivity contribution is -0.139. The zero-order valence-corrected chi connectivity index (χ0v) is 20.0. The van der Waals surface area contributed by atoms with Gasteiger partial charge in [0.1, 0.15) is 6.04 Å². The number of hydrogen-bond acceptors (Lipinski definition) is 5. The van der Waals surface area contributed by atoms with E-state index in [1.165, 1.54) is 30.0 Å². The minimum absolute atomic E-state index is 0.159. The molecule has 3 rings (SSSR count). The van der Waals surface area contributed by atoms with Crippen LogP contribution < -0.4 is 16.0 Å². The molecule has 190 valence electrons. The van der Waals surface area contributed by atoms with E-state index in [2.05, 4.69) is 16.0 Å². The summed E-state index contributed by atoms with van der Waals surface area (Å²) in [7, 11) is 0. The quantitative estimate of drug-likeness (QED) is 0.396. The summed E-state index contributed by atoms with van der Waals surface area (Å²) in [6, 6.07) is 11.9. The molecule has 1 aliphatic heterocycles. The third-order valence-electron chi connectivity index (χ3n) is 5.37.